The summed E-state index contributed by atoms with van der Waals surface area (Å²) < 4.78 is 50.1. The molecule has 0 amide bonds. The van der Waals surface area contributed by atoms with Crippen molar-refractivity contribution in [3.05, 3.63) is 0 Å². The molecule has 0 N–H and O–H groups in total. The van der Waals surface area contributed by atoms with E-state index in [1.807, 2.05) is 0 Å². The van der Waals surface area contributed by atoms with Gasteiger partial charge in [0.2, 0.25) is 0 Å². The standard InChI is InChI=1S/C7H8F4O/c8-6(9)3-1-5(12)2-4-7(6,10)11/h1-4H2. The topological polar surface area (TPSA) is 17.1 Å². The Balaban J connectivity index is 2.81. The zero-order valence-corrected chi connectivity index (χ0v) is 6.25. The van der Waals surface area contributed by atoms with Crippen molar-refractivity contribution in [1.82, 2.24) is 0 Å². The SMILES string of the molecule is O=C1CCC(F)(F)C(F)(F)CC1. The van der Waals surface area contributed by atoms with Crippen LogP contribution >= 0.6 is 0 Å². The normalized spacial score (nSPS) is 28.2. The summed E-state index contributed by atoms with van der Waals surface area (Å²) in [6, 6.07) is 0. The molecule has 0 atom stereocenters. The van der Waals surface area contributed by atoms with E-state index in [-0.39, 0.29) is 0 Å². The monoisotopic (exact) mass is 184 g/mol. The van der Waals surface area contributed by atoms with Crippen LogP contribution in [0.15, 0.2) is 0 Å². The summed E-state index contributed by atoms with van der Waals surface area (Å²) in [5, 5.41) is 0. The third kappa shape index (κ3) is 1.59. The van der Waals surface area contributed by atoms with Crippen LogP contribution in [0.2, 0.25) is 0 Å². The summed E-state index contributed by atoms with van der Waals surface area (Å²) in [6.45, 7) is 0. The van der Waals surface area contributed by atoms with E-state index < -0.39 is 43.3 Å². The predicted octanol–water partition coefficient (Wildman–Crippen LogP) is 2.40. The molecular formula is C7H8F4O. The molecule has 5 heteroatoms. The highest BCUT2D eigenvalue weighted by molar-refractivity contribution is 5.78. The Kier molecular flexibility index (Phi) is 2.14. The lowest BCUT2D eigenvalue weighted by atomic mass is 10.1. The van der Waals surface area contributed by atoms with Crippen molar-refractivity contribution in [2.45, 2.75) is 37.5 Å². The van der Waals surface area contributed by atoms with E-state index in [4.69, 9.17) is 0 Å². The first-order chi connectivity index (χ1) is 5.35. The zero-order chi connectivity index (χ0) is 9.41. The minimum Gasteiger partial charge on any atom is -0.300 e. The smallest absolute Gasteiger partial charge is 0.300 e. The van der Waals surface area contributed by atoms with Crippen molar-refractivity contribution in [3.63, 3.8) is 0 Å². The van der Waals surface area contributed by atoms with Crippen LogP contribution in [0.1, 0.15) is 25.7 Å². The quantitative estimate of drug-likeness (QED) is 0.417. The molecule has 0 heterocycles. The van der Waals surface area contributed by atoms with E-state index in [0.29, 0.717) is 0 Å². The number of rotatable bonds is 0. The first kappa shape index (κ1) is 9.48. The van der Waals surface area contributed by atoms with Crippen LogP contribution < -0.4 is 0 Å². The second-order valence-electron chi connectivity index (χ2n) is 2.95. The molecule has 0 aromatic carbocycles. The molecule has 1 rings (SSSR count). The highest BCUT2D eigenvalue weighted by Gasteiger charge is 2.56. The van der Waals surface area contributed by atoms with Gasteiger partial charge in [0.1, 0.15) is 5.78 Å². The van der Waals surface area contributed by atoms with E-state index in [9.17, 15) is 22.4 Å². The van der Waals surface area contributed by atoms with Crippen molar-refractivity contribution in [2.75, 3.05) is 0 Å². The highest BCUT2D eigenvalue weighted by Crippen LogP contribution is 2.43. The second-order valence-corrected chi connectivity index (χ2v) is 2.95. The molecule has 0 aromatic heterocycles. The number of hydrogen-bond acceptors (Lipinski definition) is 1. The number of halogens is 4. The van der Waals surface area contributed by atoms with Gasteiger partial charge in [-0.2, -0.15) is 17.6 Å². The fourth-order valence-electron chi connectivity index (χ4n) is 1.08. The second kappa shape index (κ2) is 2.71. The van der Waals surface area contributed by atoms with E-state index in [1.165, 1.54) is 0 Å². The van der Waals surface area contributed by atoms with Gasteiger partial charge in [0.25, 0.3) is 0 Å². The summed E-state index contributed by atoms with van der Waals surface area (Å²) >= 11 is 0. The van der Waals surface area contributed by atoms with Crippen LogP contribution in [0.5, 0.6) is 0 Å². The molecule has 0 spiro atoms. The van der Waals surface area contributed by atoms with E-state index >= 15 is 0 Å². The molecule has 1 fully saturated rings. The van der Waals surface area contributed by atoms with Crippen LogP contribution in [0, 0.1) is 0 Å². The summed E-state index contributed by atoms with van der Waals surface area (Å²) in [4.78, 5) is 10.6. The van der Waals surface area contributed by atoms with Gasteiger partial charge >= 0.3 is 11.8 Å². The lowest BCUT2D eigenvalue weighted by Gasteiger charge is -2.23. The number of Topliss-reactive ketones (excluding diaryl/α,β-unsaturated/α-hetero) is 1. The lowest BCUT2D eigenvalue weighted by molar-refractivity contribution is -0.210. The average molecular weight is 184 g/mol. The maximum absolute atomic E-state index is 12.5. The average Bonchev–Trinajstić information content (AvgIpc) is 2.02. The van der Waals surface area contributed by atoms with Gasteiger partial charge in [0, 0.05) is 25.7 Å². The molecule has 12 heavy (non-hydrogen) atoms. The highest BCUT2D eigenvalue weighted by atomic mass is 19.3. The molecule has 1 saturated carbocycles. The Morgan fingerprint density at radius 3 is 1.58 bits per heavy atom. The number of carbonyl (C=O) groups excluding carboxylic acids is 1. The molecule has 0 bridgehead atoms. The summed E-state index contributed by atoms with van der Waals surface area (Å²) in [7, 11) is 0. The minimum absolute atomic E-state index is 0.442. The molecular weight excluding hydrogens is 176 g/mol. The van der Waals surface area contributed by atoms with Crippen molar-refractivity contribution in [1.29, 1.82) is 0 Å². The first-order valence-electron chi connectivity index (χ1n) is 3.62. The van der Waals surface area contributed by atoms with Gasteiger partial charge in [-0.3, -0.25) is 4.79 Å². The molecule has 0 saturated heterocycles. The van der Waals surface area contributed by atoms with Gasteiger partial charge in [-0.1, -0.05) is 0 Å². The molecule has 0 aliphatic heterocycles. The number of alkyl halides is 4. The van der Waals surface area contributed by atoms with Crippen molar-refractivity contribution >= 4 is 5.78 Å². The molecule has 70 valence electrons. The largest absolute Gasteiger partial charge is 0.310 e. The van der Waals surface area contributed by atoms with Crippen LogP contribution in [0.25, 0.3) is 0 Å². The maximum Gasteiger partial charge on any atom is 0.310 e. The molecule has 0 radical (unpaired) electrons. The third-order valence-electron chi connectivity index (χ3n) is 1.97. The number of ketones is 1. The molecule has 1 aliphatic rings. The van der Waals surface area contributed by atoms with Gasteiger partial charge in [-0.25, -0.2) is 0 Å². The number of carbonyl (C=O) groups is 1. The molecule has 1 nitrogen and oxygen atoms in total. The Bertz CT molecular complexity index is 180. The van der Waals surface area contributed by atoms with Crippen molar-refractivity contribution in [3.8, 4) is 0 Å². The summed E-state index contributed by atoms with van der Waals surface area (Å²) in [6.07, 6.45) is -2.94. The van der Waals surface area contributed by atoms with Gasteiger partial charge < -0.3 is 0 Å². The Labute approximate surface area is 66.7 Å². The van der Waals surface area contributed by atoms with Gasteiger partial charge in [-0.15, -0.1) is 0 Å². The van der Waals surface area contributed by atoms with Crippen molar-refractivity contribution in [2.24, 2.45) is 0 Å². The molecule has 0 aromatic rings. The lowest BCUT2D eigenvalue weighted by Crippen LogP contribution is -2.38. The van der Waals surface area contributed by atoms with E-state index in [1.54, 1.807) is 0 Å². The Morgan fingerprint density at radius 1 is 0.917 bits per heavy atom. The Hall–Kier alpha value is -0.610. The Morgan fingerprint density at radius 2 is 1.25 bits per heavy atom. The van der Waals surface area contributed by atoms with Crippen LogP contribution in [-0.4, -0.2) is 17.6 Å². The molecule has 0 unspecified atom stereocenters. The van der Waals surface area contributed by atoms with Crippen LogP contribution in [0.4, 0.5) is 17.6 Å². The zero-order valence-electron chi connectivity index (χ0n) is 6.25. The third-order valence-corrected chi connectivity index (χ3v) is 1.97. The maximum atomic E-state index is 12.5. The van der Waals surface area contributed by atoms with Crippen molar-refractivity contribution < 1.29 is 22.4 Å². The van der Waals surface area contributed by atoms with Gasteiger partial charge in [0.15, 0.2) is 0 Å². The number of hydrogen-bond donors (Lipinski definition) is 0. The van der Waals surface area contributed by atoms with Gasteiger partial charge in [0.05, 0.1) is 0 Å². The fourth-order valence-corrected chi connectivity index (χ4v) is 1.08. The minimum atomic E-state index is -4.01. The van der Waals surface area contributed by atoms with Gasteiger partial charge in [-0.05, 0) is 0 Å². The van der Waals surface area contributed by atoms with E-state index in [2.05, 4.69) is 0 Å². The molecule has 1 aliphatic carbocycles. The fraction of sp³-hybridized carbons (Fsp3) is 0.857. The summed E-state index contributed by atoms with van der Waals surface area (Å²) in [5.74, 6) is -8.54. The first-order valence-corrected chi connectivity index (χ1v) is 3.62. The predicted molar refractivity (Wildman–Crippen MR) is 33.4 cm³/mol. The van der Waals surface area contributed by atoms with Crippen LogP contribution in [-0.2, 0) is 4.79 Å². The van der Waals surface area contributed by atoms with Crippen LogP contribution in [0.3, 0.4) is 0 Å². The van der Waals surface area contributed by atoms with E-state index in [0.717, 1.165) is 0 Å². The summed E-state index contributed by atoms with van der Waals surface area (Å²) in [5.41, 5.74) is 0.